The molecule has 4 aromatic rings. The molecule has 0 amide bonds. The lowest BCUT2D eigenvalue weighted by atomic mass is 10.0. The number of halogens is 1. The Balaban J connectivity index is 1.54. The average Bonchev–Trinajstić information content (AvgIpc) is 3.10. The zero-order valence-corrected chi connectivity index (χ0v) is 18.5. The third-order valence-electron chi connectivity index (χ3n) is 5.57. The zero-order valence-electron chi connectivity index (χ0n) is 17.0. The zero-order chi connectivity index (χ0) is 20.7. The van der Waals surface area contributed by atoms with E-state index in [4.69, 9.17) is 16.6 Å². The molecule has 0 atom stereocenters. The van der Waals surface area contributed by atoms with Crippen LogP contribution in [-0.2, 0) is 0 Å². The van der Waals surface area contributed by atoms with Gasteiger partial charge in [-0.2, -0.15) is 4.98 Å². The van der Waals surface area contributed by atoms with Crippen molar-refractivity contribution in [1.29, 1.82) is 0 Å². The number of pyridine rings is 1. The number of rotatable bonds is 3. The van der Waals surface area contributed by atoms with Gasteiger partial charge in [-0.3, -0.25) is 0 Å². The number of benzene rings is 1. The first-order chi connectivity index (χ1) is 14.6. The van der Waals surface area contributed by atoms with E-state index in [2.05, 4.69) is 63.9 Å². The van der Waals surface area contributed by atoms with Gasteiger partial charge in [0.1, 0.15) is 16.5 Å². The van der Waals surface area contributed by atoms with Crippen molar-refractivity contribution in [2.24, 2.45) is 0 Å². The summed E-state index contributed by atoms with van der Waals surface area (Å²) in [6.45, 7) is 7.77. The highest BCUT2D eigenvalue weighted by molar-refractivity contribution is 7.19. The van der Waals surface area contributed by atoms with Gasteiger partial charge in [-0.1, -0.05) is 35.9 Å². The molecule has 0 radical (unpaired) electrons. The molecule has 7 heteroatoms. The van der Waals surface area contributed by atoms with E-state index >= 15 is 0 Å². The van der Waals surface area contributed by atoms with Crippen LogP contribution in [0.15, 0.2) is 48.7 Å². The Bertz CT molecular complexity index is 1180. The van der Waals surface area contributed by atoms with Crippen LogP contribution in [-0.4, -0.2) is 41.1 Å². The number of nitrogens with zero attached hydrogens (tertiary/aromatic N) is 5. The fourth-order valence-electron chi connectivity index (χ4n) is 4.05. The highest BCUT2D eigenvalue weighted by Crippen LogP contribution is 2.42. The molecule has 1 aromatic carbocycles. The van der Waals surface area contributed by atoms with Crippen LogP contribution in [0.2, 0.25) is 5.28 Å². The molecule has 1 saturated heterocycles. The summed E-state index contributed by atoms with van der Waals surface area (Å²) in [5.74, 6) is 1.96. The topological polar surface area (TPSA) is 45.2 Å². The summed E-state index contributed by atoms with van der Waals surface area (Å²) in [6.07, 6.45) is 1.84. The minimum Gasteiger partial charge on any atom is -0.353 e. The van der Waals surface area contributed by atoms with Crippen LogP contribution in [0.5, 0.6) is 0 Å². The van der Waals surface area contributed by atoms with Crippen LogP contribution in [0.1, 0.15) is 10.4 Å². The van der Waals surface area contributed by atoms with Crippen LogP contribution in [0.25, 0.3) is 21.3 Å². The normalized spacial score (nSPS) is 14.5. The standard InChI is InChI=1S/C23H22ClN5S/c1-15-6-8-17(9-7-15)19-16(2)30-22-20(19)21(26-23(24)27-22)29-13-11-28(12-14-29)18-5-3-4-10-25-18/h3-10H,11-14H2,1-2H3. The number of aromatic nitrogens is 3. The molecule has 5 rings (SSSR count). The summed E-state index contributed by atoms with van der Waals surface area (Å²) in [7, 11) is 0. The molecule has 0 N–H and O–H groups in total. The van der Waals surface area contributed by atoms with Crippen LogP contribution in [0.3, 0.4) is 0 Å². The number of aryl methyl sites for hydroxylation is 2. The van der Waals surface area contributed by atoms with Crippen molar-refractivity contribution >= 4 is 44.8 Å². The van der Waals surface area contributed by atoms with E-state index in [0.717, 1.165) is 48.0 Å². The molecule has 0 spiro atoms. The smallest absolute Gasteiger partial charge is 0.225 e. The monoisotopic (exact) mass is 435 g/mol. The van der Waals surface area contributed by atoms with Crippen LogP contribution >= 0.6 is 22.9 Å². The average molecular weight is 436 g/mol. The van der Waals surface area contributed by atoms with E-state index in [1.165, 1.54) is 21.6 Å². The van der Waals surface area contributed by atoms with Gasteiger partial charge in [0.2, 0.25) is 5.28 Å². The summed E-state index contributed by atoms with van der Waals surface area (Å²) in [5, 5.41) is 1.42. The van der Waals surface area contributed by atoms with Gasteiger partial charge < -0.3 is 9.80 Å². The second-order valence-electron chi connectivity index (χ2n) is 7.56. The molecule has 1 fully saturated rings. The number of anilines is 2. The van der Waals surface area contributed by atoms with E-state index in [-0.39, 0.29) is 0 Å². The molecule has 1 aliphatic heterocycles. The quantitative estimate of drug-likeness (QED) is 0.406. The van der Waals surface area contributed by atoms with Crippen molar-refractivity contribution < 1.29 is 0 Å². The molecule has 152 valence electrons. The molecular formula is C23H22ClN5S. The van der Waals surface area contributed by atoms with Crippen molar-refractivity contribution in [3.05, 3.63) is 64.4 Å². The molecule has 0 aliphatic carbocycles. The number of thiophene rings is 1. The summed E-state index contributed by atoms with van der Waals surface area (Å²) in [6, 6.07) is 14.7. The van der Waals surface area contributed by atoms with E-state index in [1.54, 1.807) is 11.3 Å². The van der Waals surface area contributed by atoms with Crippen LogP contribution in [0, 0.1) is 13.8 Å². The lowest BCUT2D eigenvalue weighted by molar-refractivity contribution is 0.643. The van der Waals surface area contributed by atoms with E-state index < -0.39 is 0 Å². The molecule has 1 aliphatic rings. The third-order valence-corrected chi connectivity index (χ3v) is 6.74. The molecule has 5 nitrogen and oxygen atoms in total. The Morgan fingerprint density at radius 2 is 1.63 bits per heavy atom. The number of hydrogen-bond donors (Lipinski definition) is 0. The first-order valence-electron chi connectivity index (χ1n) is 10.0. The van der Waals surface area contributed by atoms with Gasteiger partial charge in [0.25, 0.3) is 0 Å². The maximum atomic E-state index is 6.33. The summed E-state index contributed by atoms with van der Waals surface area (Å²) >= 11 is 8.02. The van der Waals surface area contributed by atoms with Crippen LogP contribution < -0.4 is 9.80 Å². The highest BCUT2D eigenvalue weighted by Gasteiger charge is 2.25. The van der Waals surface area contributed by atoms with Crippen molar-refractivity contribution in [1.82, 2.24) is 15.0 Å². The predicted molar refractivity (Wildman–Crippen MR) is 126 cm³/mol. The molecule has 3 aromatic heterocycles. The first kappa shape index (κ1) is 19.3. The Morgan fingerprint density at radius 3 is 2.33 bits per heavy atom. The minimum atomic E-state index is 0.307. The van der Waals surface area contributed by atoms with Crippen molar-refractivity contribution in [2.45, 2.75) is 13.8 Å². The highest BCUT2D eigenvalue weighted by atomic mass is 35.5. The second-order valence-corrected chi connectivity index (χ2v) is 9.10. The van der Waals surface area contributed by atoms with E-state index in [0.29, 0.717) is 5.28 Å². The largest absolute Gasteiger partial charge is 0.353 e. The van der Waals surface area contributed by atoms with Gasteiger partial charge in [-0.15, -0.1) is 11.3 Å². The van der Waals surface area contributed by atoms with E-state index in [9.17, 15) is 0 Å². The van der Waals surface area contributed by atoms with Gasteiger partial charge in [0.15, 0.2) is 0 Å². The Hall–Kier alpha value is -2.70. The lowest BCUT2D eigenvalue weighted by Crippen LogP contribution is -2.47. The van der Waals surface area contributed by atoms with E-state index in [1.807, 2.05) is 18.3 Å². The van der Waals surface area contributed by atoms with Crippen molar-refractivity contribution in [3.63, 3.8) is 0 Å². The molecule has 4 heterocycles. The summed E-state index contributed by atoms with van der Waals surface area (Å²) in [4.78, 5) is 20.6. The summed E-state index contributed by atoms with van der Waals surface area (Å²) < 4.78 is 0. The van der Waals surface area contributed by atoms with Gasteiger partial charge in [-0.25, -0.2) is 9.97 Å². The Labute approximate surface area is 185 Å². The lowest BCUT2D eigenvalue weighted by Gasteiger charge is -2.36. The molecule has 0 saturated carbocycles. The number of fused-ring (bicyclic) bond motifs is 1. The fourth-order valence-corrected chi connectivity index (χ4v) is 5.31. The van der Waals surface area contributed by atoms with Crippen molar-refractivity contribution in [3.8, 4) is 11.1 Å². The number of piperazine rings is 1. The molecule has 30 heavy (non-hydrogen) atoms. The minimum absolute atomic E-state index is 0.307. The maximum Gasteiger partial charge on any atom is 0.225 e. The summed E-state index contributed by atoms with van der Waals surface area (Å²) in [5.41, 5.74) is 3.67. The first-order valence-corrected chi connectivity index (χ1v) is 11.2. The molecule has 0 unspecified atom stereocenters. The number of hydrogen-bond acceptors (Lipinski definition) is 6. The fraction of sp³-hybridized carbons (Fsp3) is 0.261. The van der Waals surface area contributed by atoms with Gasteiger partial charge >= 0.3 is 0 Å². The molecular weight excluding hydrogens is 414 g/mol. The Kier molecular flexibility index (Phi) is 5.05. The molecule has 0 bridgehead atoms. The third kappa shape index (κ3) is 3.50. The van der Waals surface area contributed by atoms with Crippen molar-refractivity contribution in [2.75, 3.05) is 36.0 Å². The maximum absolute atomic E-state index is 6.33. The Morgan fingerprint density at radius 1 is 0.900 bits per heavy atom. The van der Waals surface area contributed by atoms with Gasteiger partial charge in [-0.05, 0) is 43.1 Å². The van der Waals surface area contributed by atoms with Crippen LogP contribution in [0.4, 0.5) is 11.6 Å². The SMILES string of the molecule is Cc1ccc(-c2c(C)sc3nc(Cl)nc(N4CCN(c5ccccn5)CC4)c23)cc1. The second kappa shape index (κ2) is 7.85. The van der Waals surface area contributed by atoms with Gasteiger partial charge in [0, 0.05) is 42.8 Å². The predicted octanol–water partition coefficient (Wildman–Crippen LogP) is 5.35. The van der Waals surface area contributed by atoms with Gasteiger partial charge in [0.05, 0.1) is 5.39 Å².